The van der Waals surface area contributed by atoms with Gasteiger partial charge in [-0.3, -0.25) is 9.98 Å². The van der Waals surface area contributed by atoms with E-state index in [-0.39, 0.29) is 11.5 Å². The number of aliphatic imine (C=N–C) groups is 2. The summed E-state index contributed by atoms with van der Waals surface area (Å²) in [6.45, 7) is 8.48. The van der Waals surface area contributed by atoms with E-state index in [1.165, 1.54) is 0 Å². The molecule has 0 aliphatic carbocycles. The third kappa shape index (κ3) is 8.98. The third-order valence-corrected chi connectivity index (χ3v) is 14.8. The van der Waals surface area contributed by atoms with Gasteiger partial charge in [0.05, 0.1) is 0 Å². The summed E-state index contributed by atoms with van der Waals surface area (Å²) < 4.78 is 0. The van der Waals surface area contributed by atoms with Gasteiger partial charge in [-0.25, -0.2) is 0 Å². The largest absolute Gasteiger partial charge is 0.507 e. The number of aryl methyl sites for hydroxylation is 4. The highest BCUT2D eigenvalue weighted by molar-refractivity contribution is 6.16. The lowest BCUT2D eigenvalue weighted by atomic mass is 9.86. The van der Waals surface area contributed by atoms with E-state index >= 15 is 0 Å². The van der Waals surface area contributed by atoms with Crippen molar-refractivity contribution in [2.24, 2.45) is 9.98 Å². The van der Waals surface area contributed by atoms with Crippen molar-refractivity contribution < 1.29 is 10.2 Å². The highest BCUT2D eigenvalue weighted by Gasteiger charge is 2.27. The molecule has 0 spiro atoms. The van der Waals surface area contributed by atoms with Crippen molar-refractivity contribution in [3.63, 3.8) is 0 Å². The smallest absolute Gasteiger partial charge is 0.132 e. The lowest BCUT2D eigenvalue weighted by Gasteiger charge is -2.24. The van der Waals surface area contributed by atoms with Crippen molar-refractivity contribution in [2.75, 3.05) is 0 Å². The Morgan fingerprint density at radius 2 is 0.632 bits per heavy atom. The van der Waals surface area contributed by atoms with Gasteiger partial charge in [0.1, 0.15) is 23.6 Å². The van der Waals surface area contributed by atoms with E-state index in [1.807, 2.05) is 61.0 Å². The molecule has 0 heterocycles. The van der Waals surface area contributed by atoms with Gasteiger partial charge in [-0.05, 0) is 116 Å². The van der Waals surface area contributed by atoms with Crippen LogP contribution in [-0.2, 0) is 0 Å². The molecule has 0 radical (unpaired) electrons. The minimum Gasteiger partial charge on any atom is -0.507 e. The normalized spacial score (nSPS) is 12.6. The zero-order chi connectivity index (χ0) is 51.9. The number of nitrogens with zero attached hydrogens (tertiary/aromatic N) is 2. The number of benzene rings is 12. The van der Waals surface area contributed by atoms with Crippen LogP contribution in [0.3, 0.4) is 0 Å². The minimum atomic E-state index is -0.562. The molecule has 2 atom stereocenters. The topological polar surface area (TPSA) is 65.2 Å². The highest BCUT2D eigenvalue weighted by atomic mass is 16.3. The maximum absolute atomic E-state index is 13.0. The molecule has 76 heavy (non-hydrogen) atoms. The fourth-order valence-electron chi connectivity index (χ4n) is 11.6. The van der Waals surface area contributed by atoms with E-state index in [0.717, 1.165) is 121 Å². The molecule has 0 aliphatic rings. The summed E-state index contributed by atoms with van der Waals surface area (Å²) in [4.78, 5) is 11.2. The van der Waals surface area contributed by atoms with Crippen molar-refractivity contribution >= 4 is 55.5 Å². The van der Waals surface area contributed by atoms with Crippen molar-refractivity contribution in [1.29, 1.82) is 0 Å². The third-order valence-electron chi connectivity index (χ3n) is 14.8. The van der Waals surface area contributed by atoms with Gasteiger partial charge in [0, 0.05) is 45.8 Å². The quantitative estimate of drug-likeness (QED) is 0.127. The van der Waals surface area contributed by atoms with E-state index in [9.17, 15) is 10.2 Å². The standard InChI is InChI=1S/C72H56N2O2/c1-45-35-46(2)38-55(37-45)69(73-43-57-41-53-25-13-17-29-61(53)67(71(57)75)65-59-27-15-11-23-51(59)31-33-63(65)49-19-7-5-8-20-49)70(56-39-47(3)36-48(4)40-56)74-44-58-42-54-26-14-18-30-62(54)68(72(58)76)66-60-28-16-12-24-52(60)32-34-64(66)50-21-9-6-10-22-50/h5-44,69-70,75-76H,1-4H3/t69-,70+. The Kier molecular flexibility index (Phi) is 12.6. The van der Waals surface area contributed by atoms with Crippen molar-refractivity contribution in [2.45, 2.75) is 39.8 Å². The first-order valence-electron chi connectivity index (χ1n) is 26.0. The summed E-state index contributed by atoms with van der Waals surface area (Å²) in [7, 11) is 0. The van der Waals surface area contributed by atoms with Gasteiger partial charge in [-0.15, -0.1) is 0 Å². The maximum atomic E-state index is 13.0. The molecule has 0 saturated heterocycles. The van der Waals surface area contributed by atoms with E-state index in [0.29, 0.717) is 11.1 Å². The maximum Gasteiger partial charge on any atom is 0.132 e. The molecular weight excluding hydrogens is 925 g/mol. The molecule has 0 aliphatic heterocycles. The van der Waals surface area contributed by atoms with Gasteiger partial charge in [-0.1, -0.05) is 241 Å². The second-order valence-corrected chi connectivity index (χ2v) is 20.3. The summed E-state index contributed by atoms with van der Waals surface area (Å²) >= 11 is 0. The Labute approximate surface area is 444 Å². The molecule has 4 nitrogen and oxygen atoms in total. The zero-order valence-electron chi connectivity index (χ0n) is 43.0. The lowest BCUT2D eigenvalue weighted by molar-refractivity contribution is 0.476. The monoisotopic (exact) mass is 980 g/mol. The van der Waals surface area contributed by atoms with Crippen LogP contribution in [0.15, 0.2) is 241 Å². The number of aromatic hydroxyl groups is 2. The SMILES string of the molecule is Cc1cc(C)cc([C@@H](N=Cc2cc3ccccc3c(-c3c(-c4ccccc4)ccc4ccccc34)c2O)[C@@H](N=Cc2cc3ccccc3c(-c3c(-c4ccccc4)ccc4ccccc34)c2O)c2cc(C)cc(C)c2)c1. The molecule has 2 N–H and O–H groups in total. The first kappa shape index (κ1) is 47.6. The highest BCUT2D eigenvalue weighted by Crippen LogP contribution is 2.49. The Morgan fingerprint density at radius 1 is 0.316 bits per heavy atom. The summed E-state index contributed by atoms with van der Waals surface area (Å²) in [5.41, 5.74) is 15.2. The van der Waals surface area contributed by atoms with Crippen LogP contribution < -0.4 is 0 Å². The number of hydrogen-bond acceptors (Lipinski definition) is 4. The van der Waals surface area contributed by atoms with Crippen molar-refractivity contribution in [3.8, 4) is 56.0 Å². The van der Waals surface area contributed by atoms with Crippen LogP contribution in [0.25, 0.3) is 87.6 Å². The van der Waals surface area contributed by atoms with Crippen molar-refractivity contribution in [3.05, 3.63) is 275 Å². The average molecular weight is 981 g/mol. The van der Waals surface area contributed by atoms with Crippen LogP contribution in [0.4, 0.5) is 0 Å². The fraction of sp³-hybridized carbons (Fsp3) is 0.0833. The minimum absolute atomic E-state index is 0.151. The predicted molar refractivity (Wildman–Crippen MR) is 320 cm³/mol. The second kappa shape index (κ2) is 20.1. The molecule has 0 fully saturated rings. The number of phenols is 2. The molecule has 12 rings (SSSR count). The number of phenolic OH excluding ortho intramolecular Hbond substituents is 2. The molecule has 0 aromatic heterocycles. The molecule has 366 valence electrons. The second-order valence-electron chi connectivity index (χ2n) is 20.3. The van der Waals surface area contributed by atoms with Gasteiger partial charge >= 0.3 is 0 Å². The predicted octanol–water partition coefficient (Wildman–Crippen LogP) is 18.6. The Balaban J connectivity index is 1.07. The van der Waals surface area contributed by atoms with E-state index in [4.69, 9.17) is 9.98 Å². The van der Waals surface area contributed by atoms with Gasteiger partial charge in [0.25, 0.3) is 0 Å². The number of fused-ring (bicyclic) bond motifs is 4. The molecule has 0 bridgehead atoms. The molecule has 12 aromatic rings. The summed E-state index contributed by atoms with van der Waals surface area (Å²) in [5.74, 6) is 0.303. The van der Waals surface area contributed by atoms with E-state index in [1.54, 1.807) is 0 Å². The van der Waals surface area contributed by atoms with Crippen molar-refractivity contribution in [1.82, 2.24) is 0 Å². The van der Waals surface area contributed by atoms with E-state index < -0.39 is 12.1 Å². The Hall–Kier alpha value is -9.38. The van der Waals surface area contributed by atoms with Gasteiger partial charge in [-0.2, -0.15) is 0 Å². The molecule has 0 saturated carbocycles. The average Bonchev–Trinajstić information content (AvgIpc) is 3.55. The Morgan fingerprint density at radius 3 is 1.00 bits per heavy atom. The van der Waals surface area contributed by atoms with Crippen LogP contribution in [0.5, 0.6) is 11.5 Å². The molecular formula is C72H56N2O2. The molecule has 12 aromatic carbocycles. The fourth-order valence-corrected chi connectivity index (χ4v) is 11.6. The Bertz CT molecular complexity index is 3930. The van der Waals surface area contributed by atoms with Gasteiger partial charge in [0.2, 0.25) is 0 Å². The summed E-state index contributed by atoms with van der Waals surface area (Å²) in [6.07, 6.45) is 3.70. The van der Waals surface area contributed by atoms with Crippen LogP contribution in [0, 0.1) is 27.7 Å². The lowest BCUT2D eigenvalue weighted by Crippen LogP contribution is -2.11. The zero-order valence-corrected chi connectivity index (χ0v) is 43.0. The van der Waals surface area contributed by atoms with Crippen LogP contribution in [0.2, 0.25) is 0 Å². The number of hydrogen-bond donors (Lipinski definition) is 2. The van der Waals surface area contributed by atoms with Gasteiger partial charge in [0.15, 0.2) is 0 Å². The first-order chi connectivity index (χ1) is 37.2. The first-order valence-corrected chi connectivity index (χ1v) is 26.0. The van der Waals surface area contributed by atoms with Crippen LogP contribution >= 0.6 is 0 Å². The van der Waals surface area contributed by atoms with Crippen LogP contribution in [-0.4, -0.2) is 22.6 Å². The molecule has 0 amide bonds. The van der Waals surface area contributed by atoms with Crippen LogP contribution in [0.1, 0.15) is 56.6 Å². The molecule has 4 heteroatoms. The van der Waals surface area contributed by atoms with Gasteiger partial charge < -0.3 is 10.2 Å². The molecule has 0 unspecified atom stereocenters. The summed E-state index contributed by atoms with van der Waals surface area (Å²) in [6, 6.07) is 79.0. The summed E-state index contributed by atoms with van der Waals surface area (Å²) in [5, 5.41) is 34.1. The number of rotatable bonds is 11. The van der Waals surface area contributed by atoms with E-state index in [2.05, 4.69) is 210 Å².